The normalized spacial score (nSPS) is 12.6. The monoisotopic (exact) mass is 497 g/mol. The molecule has 5 nitrogen and oxygen atoms in total. The fourth-order valence-electron chi connectivity index (χ4n) is 2.94. The van der Waals surface area contributed by atoms with Gasteiger partial charge in [0.15, 0.2) is 5.96 Å². The van der Waals surface area contributed by atoms with E-state index in [-0.39, 0.29) is 24.0 Å². The number of rotatable bonds is 7. The Balaban J connectivity index is 0.00000261. The van der Waals surface area contributed by atoms with E-state index in [2.05, 4.69) is 52.6 Å². The van der Waals surface area contributed by atoms with E-state index in [1.165, 1.54) is 4.88 Å². The van der Waals surface area contributed by atoms with E-state index < -0.39 is 0 Å². The van der Waals surface area contributed by atoms with E-state index in [0.717, 1.165) is 42.3 Å². The summed E-state index contributed by atoms with van der Waals surface area (Å²) in [4.78, 5) is 10.8. The number of aliphatic imine (C=N–C) groups is 1. The smallest absolute Gasteiger partial charge is 0.191 e. The van der Waals surface area contributed by atoms with Crippen LogP contribution in [0.1, 0.15) is 24.5 Å². The molecule has 7 heteroatoms. The van der Waals surface area contributed by atoms with Gasteiger partial charge in [-0.25, -0.2) is 9.98 Å². The van der Waals surface area contributed by atoms with Crippen LogP contribution in [-0.2, 0) is 20.0 Å². The van der Waals surface area contributed by atoms with Crippen molar-refractivity contribution in [2.75, 3.05) is 13.1 Å². The van der Waals surface area contributed by atoms with E-state index in [4.69, 9.17) is 9.98 Å². The summed E-state index contributed by atoms with van der Waals surface area (Å²) >= 11 is 1.82. The highest BCUT2D eigenvalue weighted by Gasteiger charge is 2.08. The third kappa shape index (κ3) is 5.93. The van der Waals surface area contributed by atoms with Crippen LogP contribution in [0.4, 0.5) is 0 Å². The number of hydrogen-bond donors (Lipinski definition) is 2. The molecule has 0 bridgehead atoms. The number of aromatic nitrogens is 2. The summed E-state index contributed by atoms with van der Waals surface area (Å²) in [5, 5.41) is 8.92. The molecule has 0 saturated heterocycles. The zero-order valence-electron chi connectivity index (χ0n) is 16.1. The summed E-state index contributed by atoms with van der Waals surface area (Å²) in [7, 11) is 2.05. The Bertz CT molecular complexity index is 857. The van der Waals surface area contributed by atoms with Crippen molar-refractivity contribution >= 4 is 52.3 Å². The Morgan fingerprint density at radius 3 is 2.74 bits per heavy atom. The summed E-state index contributed by atoms with van der Waals surface area (Å²) in [6.45, 7) is 6.64. The number of nitrogens with one attached hydrogen (secondary N) is 2. The number of benzene rings is 1. The van der Waals surface area contributed by atoms with Gasteiger partial charge in [0, 0.05) is 25.0 Å². The number of thiophene rings is 1. The van der Waals surface area contributed by atoms with Crippen molar-refractivity contribution in [3.63, 3.8) is 0 Å². The van der Waals surface area contributed by atoms with Crippen LogP contribution in [0.2, 0.25) is 0 Å². The first-order valence-electron chi connectivity index (χ1n) is 9.12. The van der Waals surface area contributed by atoms with Crippen molar-refractivity contribution in [2.45, 2.75) is 26.8 Å². The lowest BCUT2D eigenvalue weighted by molar-refractivity contribution is 0.562. The molecule has 0 aliphatic rings. The molecule has 1 aromatic carbocycles. The molecule has 0 aliphatic carbocycles. The van der Waals surface area contributed by atoms with E-state index in [1.807, 2.05) is 36.6 Å². The van der Waals surface area contributed by atoms with Gasteiger partial charge in [0.25, 0.3) is 0 Å². The zero-order valence-corrected chi connectivity index (χ0v) is 19.3. The van der Waals surface area contributed by atoms with E-state index in [0.29, 0.717) is 12.5 Å². The van der Waals surface area contributed by atoms with Gasteiger partial charge in [0.2, 0.25) is 0 Å². The maximum atomic E-state index is 4.72. The number of para-hydroxylation sites is 2. The summed E-state index contributed by atoms with van der Waals surface area (Å²) < 4.78 is 2.11. The highest BCUT2D eigenvalue weighted by atomic mass is 127. The molecule has 0 amide bonds. The molecule has 0 aliphatic heterocycles. The molecule has 1 atom stereocenters. The Morgan fingerprint density at radius 1 is 1.22 bits per heavy atom. The predicted octanol–water partition coefficient (Wildman–Crippen LogP) is 4.19. The van der Waals surface area contributed by atoms with Crippen molar-refractivity contribution in [1.82, 2.24) is 20.2 Å². The van der Waals surface area contributed by atoms with Crippen LogP contribution < -0.4 is 10.6 Å². The van der Waals surface area contributed by atoms with Gasteiger partial charge in [0.1, 0.15) is 12.4 Å². The lowest BCUT2D eigenvalue weighted by atomic mass is 10.1. The maximum Gasteiger partial charge on any atom is 0.191 e. The van der Waals surface area contributed by atoms with Crippen LogP contribution >= 0.6 is 35.3 Å². The van der Waals surface area contributed by atoms with Crippen molar-refractivity contribution in [2.24, 2.45) is 18.0 Å². The Morgan fingerprint density at radius 2 is 2.04 bits per heavy atom. The summed E-state index contributed by atoms with van der Waals surface area (Å²) in [5.74, 6) is 2.36. The van der Waals surface area contributed by atoms with Gasteiger partial charge >= 0.3 is 0 Å². The maximum absolute atomic E-state index is 4.72. The first-order chi connectivity index (χ1) is 12.7. The molecule has 0 spiro atoms. The minimum absolute atomic E-state index is 0. The Labute approximate surface area is 182 Å². The molecule has 0 fully saturated rings. The second-order valence-corrected chi connectivity index (χ2v) is 7.57. The third-order valence-electron chi connectivity index (χ3n) is 4.35. The second-order valence-electron chi connectivity index (χ2n) is 6.54. The summed E-state index contributed by atoms with van der Waals surface area (Å²) in [5.41, 5.74) is 2.16. The van der Waals surface area contributed by atoms with Crippen LogP contribution in [-0.4, -0.2) is 28.6 Å². The van der Waals surface area contributed by atoms with Crippen molar-refractivity contribution in [1.29, 1.82) is 0 Å². The molecule has 3 rings (SSSR count). The molecule has 0 radical (unpaired) electrons. The largest absolute Gasteiger partial charge is 0.357 e. The van der Waals surface area contributed by atoms with Gasteiger partial charge in [-0.05, 0) is 42.8 Å². The molecule has 2 heterocycles. The number of halogens is 1. The first kappa shape index (κ1) is 21.7. The molecular weight excluding hydrogens is 469 g/mol. The lowest BCUT2D eigenvalue weighted by Gasteiger charge is -2.15. The van der Waals surface area contributed by atoms with E-state index in [1.54, 1.807) is 0 Å². The van der Waals surface area contributed by atoms with Gasteiger partial charge in [-0.3, -0.25) is 0 Å². The number of hydrogen-bond acceptors (Lipinski definition) is 3. The SMILES string of the molecule is CCNC(=NCc1nc2ccccc2n1C)NCC(C)Cc1cccs1.I. The molecule has 146 valence electrons. The molecule has 27 heavy (non-hydrogen) atoms. The van der Waals surface area contributed by atoms with E-state index in [9.17, 15) is 0 Å². The number of fused-ring (bicyclic) bond motifs is 1. The van der Waals surface area contributed by atoms with E-state index >= 15 is 0 Å². The molecule has 0 saturated carbocycles. The summed E-state index contributed by atoms with van der Waals surface area (Å²) in [6.07, 6.45) is 1.09. The highest BCUT2D eigenvalue weighted by Crippen LogP contribution is 2.15. The van der Waals surface area contributed by atoms with Crippen LogP contribution in [0.5, 0.6) is 0 Å². The molecule has 3 aromatic rings. The molecule has 1 unspecified atom stereocenters. The predicted molar refractivity (Wildman–Crippen MR) is 126 cm³/mol. The van der Waals surface area contributed by atoms with Gasteiger partial charge in [-0.1, -0.05) is 25.1 Å². The number of nitrogens with zero attached hydrogens (tertiary/aromatic N) is 3. The Kier molecular flexibility index (Phi) is 8.56. The standard InChI is InChI=1S/C20H27N5S.HI/c1-4-21-20(22-13-15(2)12-16-8-7-11-26-16)23-14-19-24-17-9-5-6-10-18(17)25(19)3;/h5-11,15H,4,12-14H2,1-3H3,(H2,21,22,23);1H. The average Bonchev–Trinajstić information content (AvgIpc) is 3.26. The Hall–Kier alpha value is -1.61. The quantitative estimate of drug-likeness (QED) is 0.293. The van der Waals surface area contributed by atoms with Crippen molar-refractivity contribution in [3.8, 4) is 0 Å². The molecule has 2 N–H and O–H groups in total. The summed E-state index contributed by atoms with van der Waals surface area (Å²) in [6, 6.07) is 12.5. The lowest BCUT2D eigenvalue weighted by Crippen LogP contribution is -2.39. The van der Waals surface area contributed by atoms with Gasteiger partial charge in [-0.15, -0.1) is 35.3 Å². The number of aryl methyl sites for hydroxylation is 1. The van der Waals surface area contributed by atoms with Crippen molar-refractivity contribution in [3.05, 3.63) is 52.5 Å². The van der Waals surface area contributed by atoms with Crippen molar-refractivity contribution < 1.29 is 0 Å². The topological polar surface area (TPSA) is 54.2 Å². The second kappa shape index (κ2) is 10.7. The van der Waals surface area contributed by atoms with Crippen LogP contribution in [0.3, 0.4) is 0 Å². The highest BCUT2D eigenvalue weighted by molar-refractivity contribution is 14.0. The third-order valence-corrected chi connectivity index (χ3v) is 5.25. The van der Waals surface area contributed by atoms with Crippen LogP contribution in [0.25, 0.3) is 11.0 Å². The number of guanidine groups is 1. The van der Waals surface area contributed by atoms with Crippen LogP contribution in [0, 0.1) is 5.92 Å². The number of imidazole rings is 1. The average molecular weight is 497 g/mol. The minimum Gasteiger partial charge on any atom is -0.357 e. The van der Waals surface area contributed by atoms with Gasteiger partial charge in [0.05, 0.1) is 11.0 Å². The first-order valence-corrected chi connectivity index (χ1v) is 10.00. The fraction of sp³-hybridized carbons (Fsp3) is 0.400. The zero-order chi connectivity index (χ0) is 18.4. The van der Waals surface area contributed by atoms with Gasteiger partial charge < -0.3 is 15.2 Å². The fourth-order valence-corrected chi connectivity index (χ4v) is 3.81. The molecular formula is C20H28IN5S. The van der Waals surface area contributed by atoms with Gasteiger partial charge in [-0.2, -0.15) is 0 Å². The van der Waals surface area contributed by atoms with Crippen LogP contribution in [0.15, 0.2) is 46.8 Å². The minimum atomic E-state index is 0. The molecule has 2 aromatic heterocycles.